The zero-order chi connectivity index (χ0) is 14.9. The first-order valence-corrected chi connectivity index (χ1v) is 8.23. The minimum absolute atomic E-state index is 0. The molecule has 1 aromatic carbocycles. The Bertz CT molecular complexity index is 496. The molecule has 0 amide bonds. The molecule has 1 saturated carbocycles. The number of Topliss-reactive ketones (excluding diaryl/α,β-unsaturated/α-hetero) is 1. The van der Waals surface area contributed by atoms with Crippen LogP contribution in [-0.2, 0) is 5.41 Å². The fourth-order valence-electron chi connectivity index (χ4n) is 2.98. The summed E-state index contributed by atoms with van der Waals surface area (Å²) < 4.78 is 0. The van der Waals surface area contributed by atoms with Gasteiger partial charge in [-0.15, -0.1) is 0 Å². The number of ketones is 1. The SMILES string of the molecule is Cc1cc(C(C)(C)C)ccc1C(=O)C1CCC([PH-])CC1.[Li+]. The van der Waals surface area contributed by atoms with Gasteiger partial charge in [0.05, 0.1) is 0 Å². The number of carbonyl (C=O) groups excluding carboxylic acids is 1. The minimum Gasteiger partial charge on any atom is -0.555 e. The van der Waals surface area contributed by atoms with Crippen LogP contribution in [0.2, 0.25) is 0 Å². The van der Waals surface area contributed by atoms with Crippen LogP contribution in [-0.4, -0.2) is 11.4 Å². The average molecular weight is 296 g/mol. The summed E-state index contributed by atoms with van der Waals surface area (Å²) in [4.78, 5) is 12.7. The van der Waals surface area contributed by atoms with Crippen molar-refractivity contribution < 1.29 is 23.7 Å². The van der Waals surface area contributed by atoms with Crippen LogP contribution in [0.25, 0.3) is 0 Å². The van der Waals surface area contributed by atoms with Crippen molar-refractivity contribution in [2.24, 2.45) is 5.92 Å². The molecule has 0 unspecified atom stereocenters. The van der Waals surface area contributed by atoms with Crippen molar-refractivity contribution >= 4 is 15.0 Å². The molecule has 110 valence electrons. The van der Waals surface area contributed by atoms with Gasteiger partial charge in [0.2, 0.25) is 0 Å². The van der Waals surface area contributed by atoms with E-state index in [0.717, 1.165) is 36.8 Å². The maximum Gasteiger partial charge on any atom is 1.00 e. The Balaban J connectivity index is 0.00000220. The summed E-state index contributed by atoms with van der Waals surface area (Å²) in [5, 5.41) is 0. The molecule has 1 nitrogen and oxygen atoms in total. The van der Waals surface area contributed by atoms with E-state index in [0.29, 0.717) is 11.4 Å². The van der Waals surface area contributed by atoms with Crippen molar-refractivity contribution in [1.82, 2.24) is 0 Å². The average Bonchev–Trinajstić information content (AvgIpc) is 2.37. The van der Waals surface area contributed by atoms with E-state index in [9.17, 15) is 4.79 Å². The van der Waals surface area contributed by atoms with E-state index >= 15 is 0 Å². The van der Waals surface area contributed by atoms with Crippen molar-refractivity contribution in [3.05, 3.63) is 34.9 Å². The third-order valence-electron chi connectivity index (χ3n) is 4.46. The number of carbonyl (C=O) groups is 1. The van der Waals surface area contributed by atoms with Crippen LogP contribution in [0, 0.1) is 12.8 Å². The normalized spacial score (nSPS) is 22.5. The predicted molar refractivity (Wildman–Crippen MR) is 88.3 cm³/mol. The molecule has 0 radical (unpaired) electrons. The predicted octanol–water partition coefficient (Wildman–Crippen LogP) is 2.18. The van der Waals surface area contributed by atoms with Gasteiger partial charge in [-0.1, -0.05) is 51.8 Å². The smallest absolute Gasteiger partial charge is 0.555 e. The van der Waals surface area contributed by atoms with Crippen LogP contribution in [0.5, 0.6) is 0 Å². The first-order valence-electron chi connectivity index (χ1n) is 7.65. The Morgan fingerprint density at radius 3 is 2.19 bits per heavy atom. The zero-order valence-corrected chi connectivity index (χ0v) is 15.1. The number of hydrogen-bond acceptors (Lipinski definition) is 1. The molecule has 21 heavy (non-hydrogen) atoms. The molecular weight excluding hydrogens is 270 g/mol. The maximum atomic E-state index is 12.7. The fraction of sp³-hybridized carbons (Fsp3) is 0.611. The van der Waals surface area contributed by atoms with Crippen LogP contribution in [0.4, 0.5) is 0 Å². The van der Waals surface area contributed by atoms with Gasteiger partial charge in [0.1, 0.15) is 0 Å². The van der Waals surface area contributed by atoms with Crippen molar-refractivity contribution in [1.29, 1.82) is 0 Å². The van der Waals surface area contributed by atoms with Crippen LogP contribution in [0.1, 0.15) is 67.9 Å². The monoisotopic (exact) mass is 296 g/mol. The second-order valence-electron chi connectivity index (χ2n) is 7.19. The quantitative estimate of drug-likeness (QED) is 0.464. The van der Waals surface area contributed by atoms with Crippen molar-refractivity contribution in [2.75, 3.05) is 0 Å². The molecule has 1 fully saturated rings. The molecule has 0 bridgehead atoms. The second-order valence-corrected chi connectivity index (χ2v) is 8.01. The summed E-state index contributed by atoms with van der Waals surface area (Å²) in [6, 6.07) is 6.34. The van der Waals surface area contributed by atoms with Crippen LogP contribution in [0.3, 0.4) is 0 Å². The Hall–Kier alpha value is -0.0826. The summed E-state index contributed by atoms with van der Waals surface area (Å²) in [7, 11) is 3.71. The molecule has 0 atom stereocenters. The number of benzene rings is 1. The van der Waals surface area contributed by atoms with Gasteiger partial charge in [0.25, 0.3) is 0 Å². The largest absolute Gasteiger partial charge is 1.00 e. The van der Waals surface area contributed by atoms with Gasteiger partial charge in [-0.3, -0.25) is 4.79 Å². The van der Waals surface area contributed by atoms with E-state index < -0.39 is 0 Å². The third kappa shape index (κ3) is 4.69. The summed E-state index contributed by atoms with van der Waals surface area (Å²) >= 11 is 0. The summed E-state index contributed by atoms with van der Waals surface area (Å²) in [5.74, 6) is 0.573. The molecule has 1 aliphatic carbocycles. The Morgan fingerprint density at radius 1 is 1.14 bits per heavy atom. The zero-order valence-electron chi connectivity index (χ0n) is 14.1. The molecule has 0 N–H and O–H groups in total. The second kappa shape index (κ2) is 7.46. The number of rotatable bonds is 2. The molecule has 0 heterocycles. The van der Waals surface area contributed by atoms with Crippen LogP contribution < -0.4 is 18.9 Å². The van der Waals surface area contributed by atoms with E-state index in [1.165, 1.54) is 5.56 Å². The van der Waals surface area contributed by atoms with Crippen molar-refractivity contribution in [3.63, 3.8) is 0 Å². The first-order chi connectivity index (χ1) is 9.29. The molecule has 1 aliphatic rings. The molecule has 0 aliphatic heterocycles. The van der Waals surface area contributed by atoms with Gasteiger partial charge in [-0.05, 0) is 36.3 Å². The molecule has 0 saturated heterocycles. The van der Waals surface area contributed by atoms with Gasteiger partial charge >= 0.3 is 18.9 Å². The van der Waals surface area contributed by atoms with E-state index in [2.05, 4.69) is 49.1 Å². The standard InChI is InChI=1S/C18H26OP.Li/c1-12-11-14(18(2,3)4)7-10-16(12)17(19)13-5-8-15(20)9-6-13;/h7,10-11,13,15,20H,5-6,8-9H2,1-4H3;/q-1;+1. The van der Waals surface area contributed by atoms with Crippen molar-refractivity contribution in [3.8, 4) is 0 Å². The number of hydrogen-bond donors (Lipinski definition) is 0. The topological polar surface area (TPSA) is 17.1 Å². The van der Waals surface area contributed by atoms with E-state index in [1.807, 2.05) is 6.07 Å². The molecule has 0 spiro atoms. The Morgan fingerprint density at radius 2 is 1.71 bits per heavy atom. The van der Waals surface area contributed by atoms with Crippen molar-refractivity contribution in [2.45, 2.75) is 64.5 Å². The summed E-state index contributed by atoms with van der Waals surface area (Å²) in [6.07, 6.45) is 4.28. The maximum absolute atomic E-state index is 12.7. The first kappa shape index (κ1) is 19.0. The Labute approximate surface area is 144 Å². The summed E-state index contributed by atoms with van der Waals surface area (Å²) in [6.45, 7) is 8.69. The van der Waals surface area contributed by atoms with Gasteiger partial charge < -0.3 is 9.24 Å². The van der Waals surface area contributed by atoms with Gasteiger partial charge in [0.15, 0.2) is 5.78 Å². The van der Waals surface area contributed by atoms with Crippen LogP contribution >= 0.6 is 9.24 Å². The van der Waals surface area contributed by atoms with Gasteiger partial charge in [-0.25, -0.2) is 0 Å². The van der Waals surface area contributed by atoms with E-state index in [1.54, 1.807) is 0 Å². The minimum atomic E-state index is 0. The molecule has 2 rings (SSSR count). The number of aryl methyl sites for hydroxylation is 1. The molecule has 0 aromatic heterocycles. The fourth-order valence-corrected chi connectivity index (χ4v) is 3.32. The molecule has 1 aromatic rings. The van der Waals surface area contributed by atoms with E-state index in [-0.39, 0.29) is 30.2 Å². The molecule has 3 heteroatoms. The van der Waals surface area contributed by atoms with Gasteiger partial charge in [0, 0.05) is 11.5 Å². The molecular formula is C18H26LiOP. The third-order valence-corrected chi connectivity index (χ3v) is 5.03. The van der Waals surface area contributed by atoms with Crippen LogP contribution in [0.15, 0.2) is 18.2 Å². The Kier molecular flexibility index (Phi) is 6.73. The summed E-state index contributed by atoms with van der Waals surface area (Å²) in [5.41, 5.74) is 4.09. The van der Waals surface area contributed by atoms with Gasteiger partial charge in [-0.2, -0.15) is 5.66 Å². The van der Waals surface area contributed by atoms with E-state index in [4.69, 9.17) is 0 Å².